The van der Waals surface area contributed by atoms with E-state index in [1.807, 2.05) is 0 Å². The van der Waals surface area contributed by atoms with Crippen molar-refractivity contribution in [1.29, 1.82) is 0 Å². The van der Waals surface area contributed by atoms with E-state index in [2.05, 4.69) is 4.72 Å². The van der Waals surface area contributed by atoms with Crippen LogP contribution in [0.4, 0.5) is 0 Å². The first-order valence-electron chi connectivity index (χ1n) is 6.36. The predicted molar refractivity (Wildman–Crippen MR) is 83.2 cm³/mol. The van der Waals surface area contributed by atoms with Crippen LogP contribution in [0, 0.1) is 0 Å². The van der Waals surface area contributed by atoms with Crippen LogP contribution in [0.1, 0.15) is 24.8 Å². The number of nitrogens with one attached hydrogen (secondary N) is 1. The molecule has 0 unspecified atom stereocenters. The van der Waals surface area contributed by atoms with Gasteiger partial charge < -0.3 is 10.5 Å². The van der Waals surface area contributed by atoms with E-state index in [0.717, 1.165) is 19.3 Å². The highest BCUT2D eigenvalue weighted by atomic mass is 32.2. The Morgan fingerprint density at radius 3 is 2.75 bits per heavy atom. The Morgan fingerprint density at radius 1 is 1.35 bits per heavy atom. The highest BCUT2D eigenvalue weighted by Crippen LogP contribution is 2.11. The van der Waals surface area contributed by atoms with Gasteiger partial charge in [0.05, 0.1) is 4.90 Å². The Kier molecular flexibility index (Phi) is 7.08. The summed E-state index contributed by atoms with van der Waals surface area (Å²) < 4.78 is 31.6. The van der Waals surface area contributed by atoms with E-state index in [1.165, 1.54) is 12.1 Å². The second-order valence-corrected chi connectivity index (χ2v) is 6.55. The van der Waals surface area contributed by atoms with Crippen molar-refractivity contribution in [2.75, 3.05) is 20.3 Å². The molecule has 1 rings (SSSR count). The molecule has 1 aromatic rings. The van der Waals surface area contributed by atoms with Gasteiger partial charge in [-0.1, -0.05) is 24.4 Å². The first-order chi connectivity index (χ1) is 9.47. The Labute approximate surface area is 125 Å². The van der Waals surface area contributed by atoms with Crippen molar-refractivity contribution >= 4 is 27.2 Å². The molecule has 0 radical (unpaired) electrons. The quantitative estimate of drug-likeness (QED) is 0.532. The minimum Gasteiger partial charge on any atom is -0.389 e. The molecule has 0 saturated carbocycles. The zero-order chi connectivity index (χ0) is 15.0. The summed E-state index contributed by atoms with van der Waals surface area (Å²) >= 11 is 4.84. The molecule has 0 fully saturated rings. The van der Waals surface area contributed by atoms with Crippen molar-refractivity contribution < 1.29 is 13.2 Å². The fourth-order valence-corrected chi connectivity index (χ4v) is 2.90. The maximum atomic E-state index is 12.1. The van der Waals surface area contributed by atoms with Gasteiger partial charge in [0.15, 0.2) is 0 Å². The Morgan fingerprint density at radius 2 is 2.10 bits per heavy atom. The highest BCUT2D eigenvalue weighted by Gasteiger charge is 2.13. The zero-order valence-corrected chi connectivity index (χ0v) is 13.1. The van der Waals surface area contributed by atoms with Gasteiger partial charge in [0, 0.05) is 25.8 Å². The lowest BCUT2D eigenvalue weighted by molar-refractivity contribution is 0.192. The number of ether oxygens (including phenoxy) is 1. The molecule has 0 heterocycles. The van der Waals surface area contributed by atoms with Gasteiger partial charge in [-0.3, -0.25) is 0 Å². The van der Waals surface area contributed by atoms with E-state index in [0.29, 0.717) is 18.7 Å². The van der Waals surface area contributed by atoms with Gasteiger partial charge in [-0.15, -0.1) is 0 Å². The molecule has 0 aromatic heterocycles. The largest absolute Gasteiger partial charge is 0.389 e. The molecule has 0 saturated heterocycles. The zero-order valence-electron chi connectivity index (χ0n) is 11.5. The van der Waals surface area contributed by atoms with E-state index >= 15 is 0 Å². The van der Waals surface area contributed by atoms with Gasteiger partial charge >= 0.3 is 0 Å². The number of rotatable bonds is 9. The van der Waals surface area contributed by atoms with Gasteiger partial charge in [-0.2, -0.15) is 0 Å². The second-order valence-electron chi connectivity index (χ2n) is 4.34. The van der Waals surface area contributed by atoms with Crippen LogP contribution in [0.3, 0.4) is 0 Å². The minimum absolute atomic E-state index is 0.180. The molecule has 0 aliphatic rings. The van der Waals surface area contributed by atoms with Crippen molar-refractivity contribution in [2.45, 2.75) is 24.2 Å². The van der Waals surface area contributed by atoms with E-state index < -0.39 is 10.0 Å². The predicted octanol–water partition coefficient (Wildman–Crippen LogP) is 1.42. The van der Waals surface area contributed by atoms with Crippen LogP contribution in [-0.2, 0) is 14.8 Å². The Bertz CT molecular complexity index is 544. The van der Waals surface area contributed by atoms with Crippen LogP contribution < -0.4 is 10.5 Å². The Hall–Kier alpha value is -1.02. The smallest absolute Gasteiger partial charge is 0.240 e. The number of benzene rings is 1. The third-order valence-corrected chi connectivity index (χ3v) is 4.44. The van der Waals surface area contributed by atoms with Crippen molar-refractivity contribution in [1.82, 2.24) is 4.72 Å². The molecule has 112 valence electrons. The fourth-order valence-electron chi connectivity index (χ4n) is 1.65. The van der Waals surface area contributed by atoms with Crippen LogP contribution in [0.2, 0.25) is 0 Å². The van der Waals surface area contributed by atoms with Crippen molar-refractivity contribution in [3.05, 3.63) is 29.8 Å². The topological polar surface area (TPSA) is 81.4 Å². The van der Waals surface area contributed by atoms with Crippen LogP contribution in [0.25, 0.3) is 0 Å². The third kappa shape index (κ3) is 5.54. The third-order valence-electron chi connectivity index (χ3n) is 2.75. The van der Waals surface area contributed by atoms with Gasteiger partial charge in [-0.05, 0) is 31.4 Å². The molecule has 0 atom stereocenters. The molecule has 20 heavy (non-hydrogen) atoms. The molecular weight excluding hydrogens is 296 g/mol. The van der Waals surface area contributed by atoms with Crippen molar-refractivity contribution in [2.24, 2.45) is 5.73 Å². The summed E-state index contributed by atoms with van der Waals surface area (Å²) in [5.41, 5.74) is 6.04. The maximum absolute atomic E-state index is 12.1. The number of hydrogen-bond acceptors (Lipinski definition) is 4. The first kappa shape index (κ1) is 17.0. The molecule has 3 N–H and O–H groups in total. The van der Waals surface area contributed by atoms with E-state index in [9.17, 15) is 8.42 Å². The van der Waals surface area contributed by atoms with E-state index in [-0.39, 0.29) is 9.88 Å². The number of nitrogens with two attached hydrogens (primary N) is 1. The molecule has 7 heteroatoms. The summed E-state index contributed by atoms with van der Waals surface area (Å²) in [7, 11) is -1.86. The van der Waals surface area contributed by atoms with Gasteiger partial charge in [0.2, 0.25) is 10.0 Å². The summed E-state index contributed by atoms with van der Waals surface area (Å²) in [5, 5.41) is 0. The average molecular weight is 316 g/mol. The normalized spacial score (nSPS) is 11.4. The van der Waals surface area contributed by atoms with Crippen LogP contribution >= 0.6 is 12.2 Å². The molecule has 5 nitrogen and oxygen atoms in total. The van der Waals surface area contributed by atoms with Crippen LogP contribution in [0.5, 0.6) is 0 Å². The molecule has 0 aliphatic heterocycles. The van der Waals surface area contributed by atoms with Gasteiger partial charge in [-0.25, -0.2) is 13.1 Å². The molecule has 1 aromatic carbocycles. The molecule has 0 spiro atoms. The van der Waals surface area contributed by atoms with Crippen molar-refractivity contribution in [3.63, 3.8) is 0 Å². The summed E-state index contributed by atoms with van der Waals surface area (Å²) in [4.78, 5) is 0.362. The summed E-state index contributed by atoms with van der Waals surface area (Å²) in [6.45, 7) is 1.10. The lowest BCUT2D eigenvalue weighted by Gasteiger charge is -2.08. The SMILES string of the molecule is COCCCCCNS(=O)(=O)c1cccc(C(N)=S)c1. The molecule has 0 amide bonds. The molecule has 0 bridgehead atoms. The monoisotopic (exact) mass is 316 g/mol. The van der Waals surface area contributed by atoms with E-state index in [1.54, 1.807) is 19.2 Å². The lowest BCUT2D eigenvalue weighted by atomic mass is 10.2. The number of unbranched alkanes of at least 4 members (excludes halogenated alkanes) is 2. The van der Waals surface area contributed by atoms with Gasteiger partial charge in [0.25, 0.3) is 0 Å². The lowest BCUT2D eigenvalue weighted by Crippen LogP contribution is -2.25. The number of sulfonamides is 1. The molecule has 0 aliphatic carbocycles. The number of methoxy groups -OCH3 is 1. The van der Waals surface area contributed by atoms with Crippen LogP contribution in [0.15, 0.2) is 29.2 Å². The van der Waals surface area contributed by atoms with E-state index in [4.69, 9.17) is 22.7 Å². The summed E-state index contributed by atoms with van der Waals surface area (Å²) in [5.74, 6) is 0. The molecular formula is C13H20N2O3S2. The summed E-state index contributed by atoms with van der Waals surface area (Å²) in [6, 6.07) is 6.32. The number of thiocarbonyl (C=S) groups is 1. The fraction of sp³-hybridized carbons (Fsp3) is 0.462. The maximum Gasteiger partial charge on any atom is 0.240 e. The first-order valence-corrected chi connectivity index (χ1v) is 8.25. The number of hydrogen-bond donors (Lipinski definition) is 2. The highest BCUT2D eigenvalue weighted by molar-refractivity contribution is 7.89. The standard InChI is InChI=1S/C13H20N2O3S2/c1-18-9-4-2-3-8-15-20(16,17)12-7-5-6-11(10-12)13(14)19/h5-7,10,15H,2-4,8-9H2,1H3,(H2,14,19). The second kappa shape index (κ2) is 8.31. The van der Waals surface area contributed by atoms with Gasteiger partial charge in [0.1, 0.15) is 4.99 Å². The van der Waals surface area contributed by atoms with Crippen molar-refractivity contribution in [3.8, 4) is 0 Å². The average Bonchev–Trinajstić information content (AvgIpc) is 2.43. The Balaban J connectivity index is 2.56. The minimum atomic E-state index is -3.51. The summed E-state index contributed by atoms with van der Waals surface area (Å²) in [6.07, 6.45) is 2.62. The van der Waals surface area contributed by atoms with Crippen LogP contribution in [-0.4, -0.2) is 33.7 Å².